The van der Waals surface area contributed by atoms with Crippen LogP contribution in [0.5, 0.6) is 0 Å². The summed E-state index contributed by atoms with van der Waals surface area (Å²) in [5.41, 5.74) is 0.316. The van der Waals surface area contributed by atoms with Gasteiger partial charge in [0.1, 0.15) is 0 Å². The van der Waals surface area contributed by atoms with Crippen molar-refractivity contribution in [1.82, 2.24) is 10.2 Å². The molecule has 2 unspecified atom stereocenters. The molecule has 0 aromatic carbocycles. The van der Waals surface area contributed by atoms with Gasteiger partial charge in [-0.05, 0) is 26.2 Å². The number of hydrogen-bond donors (Lipinski definition) is 1. The Bertz CT molecular complexity index is 204. The third-order valence-electron chi connectivity index (χ3n) is 3.82. The lowest BCUT2D eigenvalue weighted by atomic mass is 9.95. The van der Waals surface area contributed by atoms with Crippen LogP contribution in [0.25, 0.3) is 0 Å². The predicted molar refractivity (Wildman–Crippen MR) is 62.1 cm³/mol. The summed E-state index contributed by atoms with van der Waals surface area (Å²) >= 11 is 0. The second-order valence-corrected chi connectivity index (χ2v) is 5.21. The molecule has 0 spiro atoms. The van der Waals surface area contributed by atoms with Gasteiger partial charge in [0.2, 0.25) is 0 Å². The van der Waals surface area contributed by atoms with Gasteiger partial charge < -0.3 is 10.1 Å². The Morgan fingerprint density at radius 1 is 1.53 bits per heavy atom. The molecule has 2 aliphatic heterocycles. The topological polar surface area (TPSA) is 24.5 Å². The number of piperazine rings is 1. The number of nitrogens with zero attached hydrogens (tertiary/aromatic N) is 1. The minimum absolute atomic E-state index is 0.316. The Hall–Kier alpha value is -0.120. The Balaban J connectivity index is 1.81. The summed E-state index contributed by atoms with van der Waals surface area (Å²) in [5, 5.41) is 3.62. The van der Waals surface area contributed by atoms with E-state index in [2.05, 4.69) is 24.1 Å². The highest BCUT2D eigenvalue weighted by Gasteiger charge is 2.30. The summed E-state index contributed by atoms with van der Waals surface area (Å²) < 4.78 is 5.70. The summed E-state index contributed by atoms with van der Waals surface area (Å²) in [6, 6.07) is 0. The predicted octanol–water partition coefficient (Wildman–Crippen LogP) is 1.24. The van der Waals surface area contributed by atoms with Gasteiger partial charge in [0, 0.05) is 38.3 Å². The maximum Gasteiger partial charge on any atom is 0.0702 e. The van der Waals surface area contributed by atoms with Crippen LogP contribution in [0, 0.1) is 0 Å². The Kier molecular flexibility index (Phi) is 3.65. The van der Waals surface area contributed by atoms with Gasteiger partial charge in [-0.3, -0.25) is 4.90 Å². The molecule has 2 rings (SSSR count). The SMILES string of the molecule is CCC1(C)CN(CC2CCCO2)CCN1. The van der Waals surface area contributed by atoms with Crippen molar-refractivity contribution in [3.63, 3.8) is 0 Å². The first-order chi connectivity index (χ1) is 7.22. The molecule has 0 radical (unpaired) electrons. The van der Waals surface area contributed by atoms with Gasteiger partial charge in [-0.25, -0.2) is 0 Å². The van der Waals surface area contributed by atoms with Crippen molar-refractivity contribution in [1.29, 1.82) is 0 Å². The lowest BCUT2D eigenvalue weighted by Gasteiger charge is -2.41. The van der Waals surface area contributed by atoms with Gasteiger partial charge in [0.15, 0.2) is 0 Å². The number of hydrogen-bond acceptors (Lipinski definition) is 3. The zero-order chi connectivity index (χ0) is 10.7. The van der Waals surface area contributed by atoms with E-state index >= 15 is 0 Å². The summed E-state index contributed by atoms with van der Waals surface area (Å²) in [6.07, 6.45) is 4.22. The maximum atomic E-state index is 5.70. The highest BCUT2D eigenvalue weighted by Crippen LogP contribution is 2.18. The van der Waals surface area contributed by atoms with Crippen molar-refractivity contribution in [3.05, 3.63) is 0 Å². The van der Waals surface area contributed by atoms with Crippen LogP contribution in [0.1, 0.15) is 33.1 Å². The number of rotatable bonds is 3. The van der Waals surface area contributed by atoms with Crippen molar-refractivity contribution in [3.8, 4) is 0 Å². The first-order valence-electron chi connectivity index (χ1n) is 6.31. The molecule has 2 heterocycles. The van der Waals surface area contributed by atoms with Gasteiger partial charge in [-0.15, -0.1) is 0 Å². The third-order valence-corrected chi connectivity index (χ3v) is 3.82. The minimum atomic E-state index is 0.316. The lowest BCUT2D eigenvalue weighted by Crippen LogP contribution is -2.59. The van der Waals surface area contributed by atoms with Crippen molar-refractivity contribution >= 4 is 0 Å². The summed E-state index contributed by atoms with van der Waals surface area (Å²) in [7, 11) is 0. The van der Waals surface area contributed by atoms with E-state index in [-0.39, 0.29) is 0 Å². The van der Waals surface area contributed by atoms with Crippen molar-refractivity contribution in [2.24, 2.45) is 0 Å². The molecule has 3 nitrogen and oxygen atoms in total. The normalized spacial score (nSPS) is 38.4. The van der Waals surface area contributed by atoms with Crippen LogP contribution >= 0.6 is 0 Å². The van der Waals surface area contributed by atoms with Crippen molar-refractivity contribution in [2.75, 3.05) is 32.8 Å². The van der Waals surface area contributed by atoms with Crippen LogP contribution in [0.15, 0.2) is 0 Å². The van der Waals surface area contributed by atoms with Crippen LogP contribution in [0.4, 0.5) is 0 Å². The average molecular weight is 212 g/mol. The number of nitrogens with one attached hydrogen (secondary N) is 1. The molecule has 0 aromatic rings. The second-order valence-electron chi connectivity index (χ2n) is 5.21. The van der Waals surface area contributed by atoms with E-state index in [1.165, 1.54) is 32.4 Å². The Morgan fingerprint density at radius 2 is 2.40 bits per heavy atom. The van der Waals surface area contributed by atoms with E-state index in [1.807, 2.05) is 0 Å². The third kappa shape index (κ3) is 2.92. The van der Waals surface area contributed by atoms with Crippen LogP contribution in [0.2, 0.25) is 0 Å². The fraction of sp³-hybridized carbons (Fsp3) is 1.00. The van der Waals surface area contributed by atoms with E-state index in [1.54, 1.807) is 0 Å². The quantitative estimate of drug-likeness (QED) is 0.762. The molecular formula is C12H24N2O. The highest BCUT2D eigenvalue weighted by molar-refractivity contribution is 4.90. The van der Waals surface area contributed by atoms with E-state index in [0.29, 0.717) is 11.6 Å². The molecule has 3 heteroatoms. The monoisotopic (exact) mass is 212 g/mol. The standard InChI is InChI=1S/C12H24N2O/c1-3-12(2)10-14(7-6-13-12)9-11-5-4-8-15-11/h11,13H,3-10H2,1-2H3. The van der Waals surface area contributed by atoms with Gasteiger partial charge in [0.25, 0.3) is 0 Å². The zero-order valence-corrected chi connectivity index (χ0v) is 10.1. The van der Waals surface area contributed by atoms with E-state index in [4.69, 9.17) is 4.74 Å². The molecular weight excluding hydrogens is 188 g/mol. The first kappa shape index (κ1) is 11.4. The fourth-order valence-electron chi connectivity index (χ4n) is 2.61. The lowest BCUT2D eigenvalue weighted by molar-refractivity contribution is 0.0495. The summed E-state index contributed by atoms with van der Waals surface area (Å²) in [6.45, 7) is 10.2. The van der Waals surface area contributed by atoms with Crippen molar-refractivity contribution < 1.29 is 4.74 Å². The molecule has 0 aliphatic carbocycles. The number of ether oxygens (including phenoxy) is 1. The van der Waals surface area contributed by atoms with Crippen LogP contribution in [0.3, 0.4) is 0 Å². The molecule has 2 fully saturated rings. The van der Waals surface area contributed by atoms with Gasteiger partial charge >= 0.3 is 0 Å². The summed E-state index contributed by atoms with van der Waals surface area (Å²) in [5.74, 6) is 0. The second kappa shape index (κ2) is 4.81. The van der Waals surface area contributed by atoms with Crippen LogP contribution in [-0.2, 0) is 4.74 Å². The molecule has 15 heavy (non-hydrogen) atoms. The van der Waals surface area contributed by atoms with Gasteiger partial charge in [-0.2, -0.15) is 0 Å². The molecule has 0 amide bonds. The van der Waals surface area contributed by atoms with E-state index in [0.717, 1.165) is 19.7 Å². The molecule has 88 valence electrons. The van der Waals surface area contributed by atoms with Gasteiger partial charge in [0.05, 0.1) is 6.10 Å². The minimum Gasteiger partial charge on any atom is -0.377 e. The van der Waals surface area contributed by atoms with E-state index in [9.17, 15) is 0 Å². The molecule has 0 bridgehead atoms. The Morgan fingerprint density at radius 3 is 3.07 bits per heavy atom. The Labute approximate surface area is 93.2 Å². The van der Waals surface area contributed by atoms with Crippen molar-refractivity contribution in [2.45, 2.75) is 44.8 Å². The molecule has 2 saturated heterocycles. The van der Waals surface area contributed by atoms with E-state index < -0.39 is 0 Å². The molecule has 0 aromatic heterocycles. The smallest absolute Gasteiger partial charge is 0.0702 e. The highest BCUT2D eigenvalue weighted by atomic mass is 16.5. The zero-order valence-electron chi connectivity index (χ0n) is 10.1. The average Bonchev–Trinajstić information content (AvgIpc) is 2.71. The first-order valence-corrected chi connectivity index (χ1v) is 6.31. The maximum absolute atomic E-state index is 5.70. The summed E-state index contributed by atoms with van der Waals surface area (Å²) in [4.78, 5) is 2.57. The molecule has 2 aliphatic rings. The fourth-order valence-corrected chi connectivity index (χ4v) is 2.61. The largest absolute Gasteiger partial charge is 0.377 e. The van der Waals surface area contributed by atoms with Crippen LogP contribution in [-0.4, -0.2) is 49.3 Å². The van der Waals surface area contributed by atoms with Crippen LogP contribution < -0.4 is 5.32 Å². The molecule has 0 saturated carbocycles. The molecule has 2 atom stereocenters. The molecule has 1 N–H and O–H groups in total. The van der Waals surface area contributed by atoms with Gasteiger partial charge in [-0.1, -0.05) is 6.92 Å².